The van der Waals surface area contributed by atoms with Gasteiger partial charge in [-0.3, -0.25) is 0 Å². The largest absolute Gasteiger partial charge is 0.373 e. The van der Waals surface area contributed by atoms with E-state index in [2.05, 4.69) is 32.5 Å². The summed E-state index contributed by atoms with van der Waals surface area (Å²) in [5.41, 5.74) is 1.03. The average Bonchev–Trinajstić information content (AvgIpc) is 2.87. The van der Waals surface area contributed by atoms with E-state index in [1.165, 1.54) is 4.88 Å². The summed E-state index contributed by atoms with van der Waals surface area (Å²) in [6.45, 7) is 6.74. The van der Waals surface area contributed by atoms with Crippen LogP contribution in [0.25, 0.3) is 0 Å². The zero-order valence-electron chi connectivity index (χ0n) is 11.7. The van der Waals surface area contributed by atoms with Crippen molar-refractivity contribution in [3.05, 3.63) is 27.5 Å². The maximum Gasteiger partial charge on any atom is 0.135 e. The third-order valence-electron chi connectivity index (χ3n) is 2.85. The molecular formula is C13H19N5S. The lowest BCUT2D eigenvalue weighted by molar-refractivity contribution is 0.997. The van der Waals surface area contributed by atoms with Gasteiger partial charge in [-0.1, -0.05) is 6.92 Å². The van der Waals surface area contributed by atoms with Crippen LogP contribution in [0.4, 0.5) is 11.6 Å². The number of nitrogens with zero attached hydrogens (tertiary/aromatic N) is 3. The Morgan fingerprint density at radius 3 is 2.58 bits per heavy atom. The quantitative estimate of drug-likeness (QED) is 0.880. The van der Waals surface area contributed by atoms with Crippen LogP contribution in [-0.2, 0) is 13.0 Å². The maximum absolute atomic E-state index is 4.44. The van der Waals surface area contributed by atoms with Crippen LogP contribution >= 0.6 is 11.3 Å². The van der Waals surface area contributed by atoms with E-state index in [4.69, 9.17) is 0 Å². The normalized spacial score (nSPS) is 10.5. The molecule has 0 atom stereocenters. The van der Waals surface area contributed by atoms with E-state index in [0.717, 1.165) is 34.5 Å². The van der Waals surface area contributed by atoms with Crippen LogP contribution in [0.15, 0.2) is 6.20 Å². The van der Waals surface area contributed by atoms with Gasteiger partial charge in [0.15, 0.2) is 0 Å². The molecule has 0 aliphatic rings. The Morgan fingerprint density at radius 2 is 1.95 bits per heavy atom. The van der Waals surface area contributed by atoms with Crippen molar-refractivity contribution in [2.75, 3.05) is 17.7 Å². The molecule has 2 N–H and O–H groups in total. The highest BCUT2D eigenvalue weighted by atomic mass is 32.1. The molecule has 2 heterocycles. The molecule has 5 nitrogen and oxygen atoms in total. The topological polar surface area (TPSA) is 62.7 Å². The molecule has 0 spiro atoms. The predicted octanol–water partition coefficient (Wildman–Crippen LogP) is 2.77. The van der Waals surface area contributed by atoms with E-state index in [1.807, 2.05) is 27.1 Å². The molecule has 0 aliphatic carbocycles. The highest BCUT2D eigenvalue weighted by molar-refractivity contribution is 7.11. The number of thiazole rings is 1. The first-order valence-electron chi connectivity index (χ1n) is 6.34. The van der Waals surface area contributed by atoms with E-state index in [-0.39, 0.29) is 0 Å². The fourth-order valence-corrected chi connectivity index (χ4v) is 2.60. The van der Waals surface area contributed by atoms with Gasteiger partial charge >= 0.3 is 0 Å². The van der Waals surface area contributed by atoms with Crippen LogP contribution in [0.5, 0.6) is 0 Å². The zero-order valence-corrected chi connectivity index (χ0v) is 12.6. The van der Waals surface area contributed by atoms with E-state index in [1.54, 1.807) is 11.3 Å². The summed E-state index contributed by atoms with van der Waals surface area (Å²) in [5, 5.41) is 7.50. The SMILES string of the molecule is CCc1cnc(CNc2nc(C)nc(NC)c2C)s1. The number of hydrogen-bond acceptors (Lipinski definition) is 6. The fraction of sp³-hybridized carbons (Fsp3) is 0.462. The van der Waals surface area contributed by atoms with Crippen molar-refractivity contribution in [3.8, 4) is 0 Å². The Bertz CT molecular complexity index is 564. The van der Waals surface area contributed by atoms with Crippen LogP contribution < -0.4 is 10.6 Å². The van der Waals surface area contributed by atoms with Gasteiger partial charge in [0, 0.05) is 23.7 Å². The lowest BCUT2D eigenvalue weighted by Gasteiger charge is -2.11. The van der Waals surface area contributed by atoms with Gasteiger partial charge < -0.3 is 10.6 Å². The number of anilines is 2. The molecule has 0 amide bonds. The van der Waals surface area contributed by atoms with Gasteiger partial charge in [0.05, 0.1) is 6.54 Å². The van der Waals surface area contributed by atoms with Crippen molar-refractivity contribution in [1.29, 1.82) is 0 Å². The molecule has 0 saturated carbocycles. The highest BCUT2D eigenvalue weighted by Gasteiger charge is 2.08. The Kier molecular flexibility index (Phi) is 4.31. The molecule has 0 radical (unpaired) electrons. The highest BCUT2D eigenvalue weighted by Crippen LogP contribution is 2.21. The van der Waals surface area contributed by atoms with Gasteiger partial charge in [-0.2, -0.15) is 0 Å². The molecule has 0 bridgehead atoms. The van der Waals surface area contributed by atoms with Crippen LogP contribution in [0.1, 0.15) is 28.2 Å². The first-order valence-corrected chi connectivity index (χ1v) is 7.16. The first kappa shape index (κ1) is 13.7. The van der Waals surface area contributed by atoms with Crippen LogP contribution in [0.3, 0.4) is 0 Å². The van der Waals surface area contributed by atoms with Gasteiger partial charge in [-0.15, -0.1) is 11.3 Å². The van der Waals surface area contributed by atoms with Gasteiger partial charge in [-0.05, 0) is 20.3 Å². The van der Waals surface area contributed by atoms with Gasteiger partial charge in [0.2, 0.25) is 0 Å². The summed E-state index contributed by atoms with van der Waals surface area (Å²) in [5.74, 6) is 2.49. The molecule has 0 aromatic carbocycles. The summed E-state index contributed by atoms with van der Waals surface area (Å²) in [7, 11) is 1.87. The molecule has 2 aromatic heterocycles. The maximum atomic E-state index is 4.44. The molecule has 102 valence electrons. The molecule has 2 aromatic rings. The minimum absolute atomic E-state index is 0.700. The van der Waals surface area contributed by atoms with Crippen molar-refractivity contribution >= 4 is 23.0 Å². The molecule has 0 unspecified atom stereocenters. The summed E-state index contributed by atoms with van der Waals surface area (Å²) < 4.78 is 0. The lowest BCUT2D eigenvalue weighted by Crippen LogP contribution is -2.08. The number of nitrogens with one attached hydrogen (secondary N) is 2. The van der Waals surface area contributed by atoms with Crippen molar-refractivity contribution in [3.63, 3.8) is 0 Å². The van der Waals surface area contributed by atoms with Crippen LogP contribution in [0, 0.1) is 13.8 Å². The first-order chi connectivity index (χ1) is 9.13. The Morgan fingerprint density at radius 1 is 1.21 bits per heavy atom. The van der Waals surface area contributed by atoms with Gasteiger partial charge in [0.1, 0.15) is 22.5 Å². The second-order valence-electron chi connectivity index (χ2n) is 4.27. The monoisotopic (exact) mass is 277 g/mol. The molecule has 2 rings (SSSR count). The van der Waals surface area contributed by atoms with Crippen LogP contribution in [0.2, 0.25) is 0 Å². The minimum atomic E-state index is 0.700. The Labute approximate surface area is 117 Å². The summed E-state index contributed by atoms with van der Waals surface area (Å²) in [4.78, 5) is 14.5. The number of aromatic nitrogens is 3. The van der Waals surface area contributed by atoms with Gasteiger partial charge in [-0.25, -0.2) is 15.0 Å². The molecule has 0 fully saturated rings. The Balaban J connectivity index is 2.12. The smallest absolute Gasteiger partial charge is 0.135 e. The summed E-state index contributed by atoms with van der Waals surface area (Å²) >= 11 is 1.74. The number of rotatable bonds is 5. The molecule has 6 heteroatoms. The molecule has 19 heavy (non-hydrogen) atoms. The van der Waals surface area contributed by atoms with Crippen molar-refractivity contribution in [2.45, 2.75) is 33.7 Å². The fourth-order valence-electron chi connectivity index (χ4n) is 1.80. The van der Waals surface area contributed by atoms with E-state index in [9.17, 15) is 0 Å². The molecule has 0 aliphatic heterocycles. The van der Waals surface area contributed by atoms with Crippen molar-refractivity contribution in [1.82, 2.24) is 15.0 Å². The molecule has 0 saturated heterocycles. The van der Waals surface area contributed by atoms with Crippen LogP contribution in [-0.4, -0.2) is 22.0 Å². The van der Waals surface area contributed by atoms with E-state index < -0.39 is 0 Å². The third-order valence-corrected chi connectivity index (χ3v) is 3.99. The zero-order chi connectivity index (χ0) is 13.8. The summed E-state index contributed by atoms with van der Waals surface area (Å²) in [6.07, 6.45) is 2.98. The lowest BCUT2D eigenvalue weighted by atomic mass is 10.3. The average molecular weight is 277 g/mol. The second kappa shape index (κ2) is 5.97. The van der Waals surface area contributed by atoms with Crippen molar-refractivity contribution < 1.29 is 0 Å². The minimum Gasteiger partial charge on any atom is -0.373 e. The summed E-state index contributed by atoms with van der Waals surface area (Å²) in [6, 6.07) is 0. The number of aryl methyl sites for hydroxylation is 2. The van der Waals surface area contributed by atoms with Crippen molar-refractivity contribution in [2.24, 2.45) is 0 Å². The van der Waals surface area contributed by atoms with E-state index in [0.29, 0.717) is 6.54 Å². The second-order valence-corrected chi connectivity index (χ2v) is 5.47. The molecular weight excluding hydrogens is 258 g/mol. The van der Waals surface area contributed by atoms with Gasteiger partial charge in [0.25, 0.3) is 0 Å². The standard InChI is InChI=1S/C13H19N5S/c1-5-10-6-15-11(19-10)7-16-13-8(2)12(14-4)17-9(3)18-13/h6H,5,7H2,1-4H3,(H2,14,16,17,18). The van der Waals surface area contributed by atoms with E-state index >= 15 is 0 Å². The number of hydrogen-bond donors (Lipinski definition) is 2. The predicted molar refractivity (Wildman–Crippen MR) is 79.9 cm³/mol. The Hall–Kier alpha value is -1.69. The third kappa shape index (κ3) is 3.20.